The molecule has 0 saturated heterocycles. The van der Waals surface area contributed by atoms with Crippen LogP contribution in [0.25, 0.3) is 0 Å². The summed E-state index contributed by atoms with van der Waals surface area (Å²) in [6, 6.07) is 0.775. The van der Waals surface area contributed by atoms with Crippen LogP contribution in [0.4, 0.5) is 0 Å². The molecule has 3 heteroatoms. The normalized spacial score (nSPS) is 32.7. The van der Waals surface area contributed by atoms with Gasteiger partial charge in [0.05, 0.1) is 18.8 Å². The van der Waals surface area contributed by atoms with E-state index in [0.29, 0.717) is 0 Å². The predicted molar refractivity (Wildman–Crippen MR) is 73.8 cm³/mol. The van der Waals surface area contributed by atoms with Crippen LogP contribution in [-0.2, 0) is 9.47 Å². The molecule has 0 aliphatic heterocycles. The van der Waals surface area contributed by atoms with Gasteiger partial charge in [-0.15, -0.1) is 0 Å². The van der Waals surface area contributed by atoms with Crippen molar-refractivity contribution in [2.75, 3.05) is 26.4 Å². The minimum Gasteiger partial charge on any atom is -0.379 e. The Kier molecular flexibility index (Phi) is 5.46. The Balaban J connectivity index is 1.76. The molecular weight excluding hydrogens is 226 g/mol. The first kappa shape index (κ1) is 14.3. The molecule has 0 unspecified atom stereocenters. The third-order valence-electron chi connectivity index (χ3n) is 4.32. The van der Waals surface area contributed by atoms with E-state index in [-0.39, 0.29) is 5.60 Å². The Bertz CT molecular complexity index is 233. The van der Waals surface area contributed by atoms with Gasteiger partial charge in [0.25, 0.3) is 0 Å². The zero-order valence-corrected chi connectivity index (χ0v) is 12.0. The summed E-state index contributed by atoms with van der Waals surface area (Å²) in [5.74, 6) is 0.870. The van der Waals surface area contributed by atoms with E-state index in [1.54, 1.807) is 0 Å². The maximum Gasteiger partial charge on any atom is 0.0807 e. The summed E-state index contributed by atoms with van der Waals surface area (Å²) >= 11 is 0. The number of nitrogens with one attached hydrogen (secondary N) is 1. The number of hydrogen-bond donors (Lipinski definition) is 1. The van der Waals surface area contributed by atoms with Gasteiger partial charge in [-0.1, -0.05) is 6.92 Å². The van der Waals surface area contributed by atoms with Crippen LogP contribution in [0.3, 0.4) is 0 Å². The van der Waals surface area contributed by atoms with Gasteiger partial charge in [-0.05, 0) is 51.4 Å². The summed E-state index contributed by atoms with van der Waals surface area (Å²) in [6.07, 6.45) is 7.73. The van der Waals surface area contributed by atoms with Crippen molar-refractivity contribution in [2.45, 2.75) is 64.0 Å². The average molecular weight is 255 g/mol. The van der Waals surface area contributed by atoms with E-state index in [1.165, 1.54) is 38.5 Å². The van der Waals surface area contributed by atoms with Crippen LogP contribution in [0, 0.1) is 5.92 Å². The van der Waals surface area contributed by atoms with E-state index in [1.807, 2.05) is 6.92 Å². The highest BCUT2D eigenvalue weighted by atomic mass is 16.5. The Morgan fingerprint density at radius 3 is 2.44 bits per heavy atom. The second-order valence-electron chi connectivity index (χ2n) is 6.07. The summed E-state index contributed by atoms with van der Waals surface area (Å²) in [6.45, 7) is 7.70. The second kappa shape index (κ2) is 6.88. The molecule has 1 N–H and O–H groups in total. The van der Waals surface area contributed by atoms with Crippen molar-refractivity contribution in [3.8, 4) is 0 Å². The van der Waals surface area contributed by atoms with Crippen LogP contribution < -0.4 is 5.32 Å². The Morgan fingerprint density at radius 1 is 1.11 bits per heavy atom. The lowest BCUT2D eigenvalue weighted by atomic mass is 9.79. The van der Waals surface area contributed by atoms with Crippen molar-refractivity contribution in [1.82, 2.24) is 5.32 Å². The molecule has 0 atom stereocenters. The number of ether oxygens (including phenoxy) is 2. The first-order chi connectivity index (χ1) is 8.74. The van der Waals surface area contributed by atoms with E-state index in [9.17, 15) is 0 Å². The Morgan fingerprint density at radius 2 is 1.83 bits per heavy atom. The van der Waals surface area contributed by atoms with Crippen LogP contribution in [0.5, 0.6) is 0 Å². The van der Waals surface area contributed by atoms with Gasteiger partial charge in [0.15, 0.2) is 0 Å². The summed E-state index contributed by atoms with van der Waals surface area (Å²) in [7, 11) is 0. The van der Waals surface area contributed by atoms with Gasteiger partial charge in [0.1, 0.15) is 0 Å². The summed E-state index contributed by atoms with van der Waals surface area (Å²) in [5.41, 5.74) is 0.0895. The second-order valence-corrected chi connectivity index (χ2v) is 6.07. The van der Waals surface area contributed by atoms with Gasteiger partial charge in [0.2, 0.25) is 0 Å². The van der Waals surface area contributed by atoms with Crippen molar-refractivity contribution in [1.29, 1.82) is 0 Å². The van der Waals surface area contributed by atoms with Crippen molar-refractivity contribution in [2.24, 2.45) is 5.92 Å². The molecule has 0 aromatic rings. The molecule has 2 aliphatic rings. The zero-order valence-electron chi connectivity index (χ0n) is 12.0. The minimum atomic E-state index is 0.0895. The largest absolute Gasteiger partial charge is 0.379 e. The van der Waals surface area contributed by atoms with E-state index >= 15 is 0 Å². The van der Waals surface area contributed by atoms with Crippen LogP contribution >= 0.6 is 0 Å². The van der Waals surface area contributed by atoms with Gasteiger partial charge < -0.3 is 14.8 Å². The highest BCUT2D eigenvalue weighted by Gasteiger charge is 2.36. The van der Waals surface area contributed by atoms with E-state index in [2.05, 4.69) is 12.2 Å². The molecule has 0 spiro atoms. The van der Waals surface area contributed by atoms with E-state index in [4.69, 9.17) is 9.47 Å². The highest BCUT2D eigenvalue weighted by Crippen LogP contribution is 2.35. The average Bonchev–Trinajstić information content (AvgIpc) is 3.20. The van der Waals surface area contributed by atoms with Crippen LogP contribution in [0.15, 0.2) is 0 Å². The molecule has 2 aliphatic carbocycles. The lowest BCUT2D eigenvalue weighted by molar-refractivity contribution is -0.0911. The number of hydrogen-bond acceptors (Lipinski definition) is 3. The molecule has 0 heterocycles. The van der Waals surface area contributed by atoms with Gasteiger partial charge in [0, 0.05) is 19.2 Å². The monoisotopic (exact) mass is 255 g/mol. The van der Waals surface area contributed by atoms with Crippen molar-refractivity contribution >= 4 is 0 Å². The standard InChI is InChI=1S/C15H29NO2/c1-3-17-10-11-18-15(12-16-14-4-5-14)8-6-13(2)7-9-15/h13-14,16H,3-12H2,1-2H3. The topological polar surface area (TPSA) is 30.5 Å². The third kappa shape index (κ3) is 4.52. The van der Waals surface area contributed by atoms with Gasteiger partial charge in [-0.2, -0.15) is 0 Å². The minimum absolute atomic E-state index is 0.0895. The lowest BCUT2D eigenvalue weighted by Crippen LogP contribution is -2.47. The third-order valence-corrected chi connectivity index (χ3v) is 4.32. The molecule has 0 radical (unpaired) electrons. The molecule has 106 valence electrons. The molecule has 2 fully saturated rings. The van der Waals surface area contributed by atoms with Crippen molar-refractivity contribution < 1.29 is 9.47 Å². The molecule has 0 aromatic carbocycles. The van der Waals surface area contributed by atoms with E-state index < -0.39 is 0 Å². The molecule has 0 bridgehead atoms. The molecule has 3 nitrogen and oxygen atoms in total. The van der Waals surface area contributed by atoms with Crippen molar-refractivity contribution in [3.05, 3.63) is 0 Å². The molecule has 2 saturated carbocycles. The zero-order chi connectivity index (χ0) is 12.8. The van der Waals surface area contributed by atoms with Crippen LogP contribution in [-0.4, -0.2) is 38.0 Å². The molecular formula is C15H29NO2. The first-order valence-corrected chi connectivity index (χ1v) is 7.69. The maximum absolute atomic E-state index is 6.21. The highest BCUT2D eigenvalue weighted by molar-refractivity contribution is 4.92. The van der Waals surface area contributed by atoms with Gasteiger partial charge >= 0.3 is 0 Å². The molecule has 2 rings (SSSR count). The Hall–Kier alpha value is -0.120. The summed E-state index contributed by atoms with van der Waals surface area (Å²) in [5, 5.41) is 3.66. The van der Waals surface area contributed by atoms with Gasteiger partial charge in [-0.3, -0.25) is 0 Å². The van der Waals surface area contributed by atoms with E-state index in [0.717, 1.165) is 38.3 Å². The quantitative estimate of drug-likeness (QED) is 0.677. The SMILES string of the molecule is CCOCCOC1(CNC2CC2)CCC(C)CC1. The van der Waals surface area contributed by atoms with Gasteiger partial charge in [-0.25, -0.2) is 0 Å². The van der Waals surface area contributed by atoms with Crippen molar-refractivity contribution in [3.63, 3.8) is 0 Å². The Labute approximate surface area is 112 Å². The number of rotatable bonds is 8. The fourth-order valence-electron chi connectivity index (χ4n) is 2.74. The smallest absolute Gasteiger partial charge is 0.0807 e. The molecule has 0 amide bonds. The predicted octanol–water partition coefficient (Wildman–Crippen LogP) is 2.74. The maximum atomic E-state index is 6.21. The summed E-state index contributed by atoms with van der Waals surface area (Å²) < 4.78 is 11.6. The first-order valence-electron chi connectivity index (χ1n) is 7.69. The molecule has 18 heavy (non-hydrogen) atoms. The lowest BCUT2D eigenvalue weighted by Gasteiger charge is -2.39. The van der Waals surface area contributed by atoms with Crippen LogP contribution in [0.2, 0.25) is 0 Å². The fraction of sp³-hybridized carbons (Fsp3) is 1.00. The fourth-order valence-corrected chi connectivity index (χ4v) is 2.74. The molecule has 0 aromatic heterocycles. The summed E-state index contributed by atoms with van der Waals surface area (Å²) in [4.78, 5) is 0. The van der Waals surface area contributed by atoms with Crippen LogP contribution in [0.1, 0.15) is 52.4 Å².